The highest BCUT2D eigenvalue weighted by molar-refractivity contribution is 5.68. The maximum Gasteiger partial charge on any atom is 0.121 e. The predicted molar refractivity (Wildman–Crippen MR) is 71.5 cm³/mol. The third-order valence-electron chi connectivity index (χ3n) is 2.75. The average molecular weight is 238 g/mol. The van der Waals surface area contributed by atoms with Crippen molar-refractivity contribution < 1.29 is 9.47 Å². The van der Waals surface area contributed by atoms with Gasteiger partial charge in [0.05, 0.1) is 31.1 Å². The van der Waals surface area contributed by atoms with Crippen molar-refractivity contribution in [2.24, 2.45) is 5.92 Å². The zero-order valence-corrected chi connectivity index (χ0v) is 11.0. The van der Waals surface area contributed by atoms with Crippen LogP contribution in [0.2, 0.25) is 0 Å². The quantitative estimate of drug-likeness (QED) is 0.747. The van der Waals surface area contributed by atoms with E-state index in [9.17, 15) is 0 Å². The van der Waals surface area contributed by atoms with Gasteiger partial charge in [-0.05, 0) is 18.1 Å². The Hall–Kier alpha value is -1.42. The fourth-order valence-corrected chi connectivity index (χ4v) is 1.57. The molecule has 0 radical (unpaired) electrons. The molecule has 0 saturated carbocycles. The van der Waals surface area contributed by atoms with Crippen LogP contribution in [0.1, 0.15) is 13.8 Å². The van der Waals surface area contributed by atoms with Gasteiger partial charge in [-0.3, -0.25) is 0 Å². The van der Waals surface area contributed by atoms with Crippen molar-refractivity contribution in [2.75, 3.05) is 31.9 Å². The zero-order valence-electron chi connectivity index (χ0n) is 11.0. The van der Waals surface area contributed by atoms with Crippen LogP contribution in [0.3, 0.4) is 0 Å². The molecule has 0 spiro atoms. The van der Waals surface area contributed by atoms with E-state index in [2.05, 4.69) is 19.2 Å². The molecule has 1 aromatic rings. The lowest BCUT2D eigenvalue weighted by Crippen LogP contribution is -2.30. The standard InChI is InChI=1S/C13H22N2O2/c1-9(2)13(8-16-3)15-12-7-10(17-4)5-6-11(12)14/h5-7,9,13,15H,8,14H2,1-4H3. The van der Waals surface area contributed by atoms with Crippen molar-refractivity contribution in [3.63, 3.8) is 0 Å². The maximum atomic E-state index is 5.93. The van der Waals surface area contributed by atoms with Gasteiger partial charge in [0.15, 0.2) is 0 Å². The summed E-state index contributed by atoms with van der Waals surface area (Å²) in [4.78, 5) is 0. The Balaban J connectivity index is 2.84. The third-order valence-corrected chi connectivity index (χ3v) is 2.75. The summed E-state index contributed by atoms with van der Waals surface area (Å²) in [5, 5.41) is 3.39. The van der Waals surface area contributed by atoms with Crippen molar-refractivity contribution in [1.29, 1.82) is 0 Å². The van der Waals surface area contributed by atoms with Gasteiger partial charge >= 0.3 is 0 Å². The fraction of sp³-hybridized carbons (Fsp3) is 0.538. The number of methoxy groups -OCH3 is 2. The summed E-state index contributed by atoms with van der Waals surface area (Å²) in [7, 11) is 3.34. The number of rotatable bonds is 6. The molecule has 4 nitrogen and oxygen atoms in total. The molecule has 1 aromatic carbocycles. The average Bonchev–Trinajstić information content (AvgIpc) is 2.31. The molecule has 0 bridgehead atoms. The Labute approximate surface area is 103 Å². The molecular formula is C13H22N2O2. The van der Waals surface area contributed by atoms with Gasteiger partial charge in [0.2, 0.25) is 0 Å². The first-order valence-electron chi connectivity index (χ1n) is 5.77. The Morgan fingerprint density at radius 1 is 1.29 bits per heavy atom. The van der Waals surface area contributed by atoms with Crippen molar-refractivity contribution in [3.05, 3.63) is 18.2 Å². The van der Waals surface area contributed by atoms with Crippen LogP contribution in [0.15, 0.2) is 18.2 Å². The second-order valence-corrected chi connectivity index (χ2v) is 4.40. The topological polar surface area (TPSA) is 56.5 Å². The Morgan fingerprint density at radius 3 is 2.53 bits per heavy atom. The van der Waals surface area contributed by atoms with Gasteiger partial charge < -0.3 is 20.5 Å². The van der Waals surface area contributed by atoms with Crippen LogP contribution in [0.4, 0.5) is 11.4 Å². The Kier molecular flexibility index (Phi) is 5.10. The second-order valence-electron chi connectivity index (χ2n) is 4.40. The largest absolute Gasteiger partial charge is 0.497 e. The van der Waals surface area contributed by atoms with Crippen LogP contribution in [0.25, 0.3) is 0 Å². The van der Waals surface area contributed by atoms with Crippen molar-refractivity contribution in [2.45, 2.75) is 19.9 Å². The molecule has 0 aliphatic heterocycles. The monoisotopic (exact) mass is 238 g/mol. The van der Waals surface area contributed by atoms with Crippen molar-refractivity contribution in [3.8, 4) is 5.75 Å². The number of anilines is 2. The Bertz CT molecular complexity index is 353. The molecule has 0 fully saturated rings. The van der Waals surface area contributed by atoms with Crippen molar-refractivity contribution in [1.82, 2.24) is 0 Å². The summed E-state index contributed by atoms with van der Waals surface area (Å²) in [6.45, 7) is 4.94. The van der Waals surface area contributed by atoms with E-state index in [1.54, 1.807) is 14.2 Å². The molecule has 4 heteroatoms. The maximum absolute atomic E-state index is 5.93. The molecule has 1 atom stereocenters. The van der Waals surface area contributed by atoms with Gasteiger partial charge in [0, 0.05) is 13.2 Å². The van der Waals surface area contributed by atoms with Crippen LogP contribution in [0, 0.1) is 5.92 Å². The van der Waals surface area contributed by atoms with Crippen LogP contribution >= 0.6 is 0 Å². The smallest absolute Gasteiger partial charge is 0.121 e. The van der Waals surface area contributed by atoms with E-state index in [1.807, 2.05) is 18.2 Å². The van der Waals surface area contributed by atoms with Gasteiger partial charge in [-0.2, -0.15) is 0 Å². The minimum absolute atomic E-state index is 0.231. The fourth-order valence-electron chi connectivity index (χ4n) is 1.57. The number of hydrogen-bond acceptors (Lipinski definition) is 4. The van der Waals surface area contributed by atoms with E-state index >= 15 is 0 Å². The predicted octanol–water partition coefficient (Wildman–Crippen LogP) is 2.36. The van der Waals surface area contributed by atoms with E-state index < -0.39 is 0 Å². The van der Waals surface area contributed by atoms with Crippen molar-refractivity contribution >= 4 is 11.4 Å². The third kappa shape index (κ3) is 3.82. The summed E-state index contributed by atoms with van der Waals surface area (Å²) in [5.74, 6) is 1.25. The van der Waals surface area contributed by atoms with Gasteiger partial charge in [-0.1, -0.05) is 13.8 Å². The van der Waals surface area contributed by atoms with Gasteiger partial charge in [-0.15, -0.1) is 0 Å². The second kappa shape index (κ2) is 6.35. The van der Waals surface area contributed by atoms with E-state index in [0.717, 1.165) is 11.4 Å². The first kappa shape index (κ1) is 13.6. The molecule has 17 heavy (non-hydrogen) atoms. The van der Waals surface area contributed by atoms with Crippen LogP contribution in [-0.4, -0.2) is 26.9 Å². The number of benzene rings is 1. The SMILES string of the molecule is COCC(Nc1cc(OC)ccc1N)C(C)C. The number of ether oxygens (including phenoxy) is 2. The minimum Gasteiger partial charge on any atom is -0.497 e. The highest BCUT2D eigenvalue weighted by Gasteiger charge is 2.14. The molecule has 0 heterocycles. The van der Waals surface area contributed by atoms with Crippen LogP contribution in [-0.2, 0) is 4.74 Å². The van der Waals surface area contributed by atoms with E-state index in [-0.39, 0.29) is 6.04 Å². The lowest BCUT2D eigenvalue weighted by atomic mass is 10.0. The summed E-state index contributed by atoms with van der Waals surface area (Å²) in [5.41, 5.74) is 7.53. The molecule has 0 aliphatic carbocycles. The lowest BCUT2D eigenvalue weighted by Gasteiger charge is -2.23. The van der Waals surface area contributed by atoms with Gasteiger partial charge in [-0.25, -0.2) is 0 Å². The molecule has 96 valence electrons. The molecule has 0 amide bonds. The first-order chi connectivity index (χ1) is 8.08. The first-order valence-corrected chi connectivity index (χ1v) is 5.77. The summed E-state index contributed by atoms with van der Waals surface area (Å²) in [6, 6.07) is 5.82. The summed E-state index contributed by atoms with van der Waals surface area (Å²) >= 11 is 0. The molecule has 0 aliphatic rings. The summed E-state index contributed by atoms with van der Waals surface area (Å²) < 4.78 is 10.4. The van der Waals surface area contributed by atoms with Crippen LogP contribution < -0.4 is 15.8 Å². The van der Waals surface area contributed by atoms with E-state index in [4.69, 9.17) is 15.2 Å². The van der Waals surface area contributed by atoms with Crippen LogP contribution in [0.5, 0.6) is 5.75 Å². The normalized spacial score (nSPS) is 12.5. The number of nitrogens with one attached hydrogen (secondary N) is 1. The molecule has 0 aromatic heterocycles. The lowest BCUT2D eigenvalue weighted by molar-refractivity contribution is 0.171. The molecule has 1 rings (SSSR count). The molecule has 1 unspecified atom stereocenters. The minimum atomic E-state index is 0.231. The van der Waals surface area contributed by atoms with E-state index in [0.29, 0.717) is 18.2 Å². The van der Waals surface area contributed by atoms with Gasteiger partial charge in [0.25, 0.3) is 0 Å². The number of nitrogen functional groups attached to an aromatic ring is 1. The molecular weight excluding hydrogens is 216 g/mol. The summed E-state index contributed by atoms with van der Waals surface area (Å²) in [6.07, 6.45) is 0. The highest BCUT2D eigenvalue weighted by Crippen LogP contribution is 2.26. The number of nitrogens with two attached hydrogens (primary N) is 1. The number of hydrogen-bond donors (Lipinski definition) is 2. The molecule has 0 saturated heterocycles. The molecule has 3 N–H and O–H groups in total. The van der Waals surface area contributed by atoms with E-state index in [1.165, 1.54) is 0 Å². The Morgan fingerprint density at radius 2 is 2.00 bits per heavy atom. The zero-order chi connectivity index (χ0) is 12.8. The highest BCUT2D eigenvalue weighted by atomic mass is 16.5. The van der Waals surface area contributed by atoms with Gasteiger partial charge in [0.1, 0.15) is 5.75 Å².